The van der Waals surface area contributed by atoms with Crippen molar-refractivity contribution < 1.29 is 28.7 Å². The molecule has 3 amide bonds. The molecule has 2 N–H and O–H groups in total. The van der Waals surface area contributed by atoms with Gasteiger partial charge in [0.25, 0.3) is 0 Å². The molecule has 0 aliphatic heterocycles. The highest BCUT2D eigenvalue weighted by molar-refractivity contribution is 5.94. The second-order valence-electron chi connectivity index (χ2n) is 10.7. The van der Waals surface area contributed by atoms with E-state index in [1.54, 1.807) is 79.7 Å². The van der Waals surface area contributed by atoms with Gasteiger partial charge < -0.3 is 25.0 Å². The van der Waals surface area contributed by atoms with E-state index < -0.39 is 47.1 Å². The third kappa shape index (κ3) is 8.59. The number of alkyl carbamates (subject to hydrolysis) is 1. The van der Waals surface area contributed by atoms with Gasteiger partial charge in [-0.2, -0.15) is 0 Å². The predicted octanol–water partition coefficient (Wildman–Crippen LogP) is 3.17. The van der Waals surface area contributed by atoms with E-state index in [2.05, 4.69) is 21.3 Å². The lowest BCUT2D eigenvalue weighted by Crippen LogP contribution is -2.60. The van der Waals surface area contributed by atoms with Crippen molar-refractivity contribution in [3.63, 3.8) is 0 Å². The first-order chi connectivity index (χ1) is 16.5. The Kier molecular flexibility index (Phi) is 10.5. The second-order valence-corrected chi connectivity index (χ2v) is 10.7. The molecule has 0 spiro atoms. The Morgan fingerprint density at radius 2 is 1.64 bits per heavy atom. The Morgan fingerprint density at radius 3 is 2.11 bits per heavy atom. The van der Waals surface area contributed by atoms with Gasteiger partial charge in [0.1, 0.15) is 24.2 Å². The number of amides is 3. The Balaban J connectivity index is 3.63. The Labute approximate surface area is 214 Å². The predicted molar refractivity (Wildman–Crippen MR) is 137 cm³/mol. The topological polar surface area (TPSA) is 114 Å². The van der Waals surface area contributed by atoms with Crippen molar-refractivity contribution in [3.05, 3.63) is 35.4 Å². The summed E-state index contributed by atoms with van der Waals surface area (Å²) in [5, 5.41) is 5.20. The van der Waals surface area contributed by atoms with Crippen molar-refractivity contribution in [3.8, 4) is 12.3 Å². The maximum atomic E-state index is 14.1. The number of nitrogens with zero attached hydrogens (tertiary/aromatic N) is 1. The van der Waals surface area contributed by atoms with Gasteiger partial charge in [-0.3, -0.25) is 14.4 Å². The number of hydrogen-bond donors (Lipinski definition) is 2. The summed E-state index contributed by atoms with van der Waals surface area (Å²) in [5.74, 6) is 0.455. The fourth-order valence-electron chi connectivity index (χ4n) is 3.54. The Hall–Kier alpha value is -3.54. The molecule has 0 bridgehead atoms. The monoisotopic (exact) mass is 501 g/mol. The molecule has 198 valence electrons. The van der Waals surface area contributed by atoms with Crippen LogP contribution in [0.25, 0.3) is 0 Å². The molecule has 2 unspecified atom stereocenters. The van der Waals surface area contributed by atoms with Gasteiger partial charge in [0.05, 0.1) is 7.11 Å². The summed E-state index contributed by atoms with van der Waals surface area (Å²) in [7, 11) is 1.21. The average Bonchev–Trinajstić information content (AvgIpc) is 2.76. The standard InChI is InChI=1S/C27H39N3O6/c1-11-18-14-12-13-15-19(18)22(23(32)28-16-20(31)35-10)30(26(4,5)6)24(33)21(17(2)3)29-25(34)36-27(7,8)9/h1,12-15,17,21-22H,16H2,2-10H3,(H,28,32)(H,29,34). The number of rotatable bonds is 8. The van der Waals surface area contributed by atoms with Crippen molar-refractivity contribution in [1.29, 1.82) is 0 Å². The van der Waals surface area contributed by atoms with Crippen molar-refractivity contribution in [1.82, 2.24) is 15.5 Å². The number of carbonyl (C=O) groups excluding carboxylic acids is 4. The third-order valence-electron chi connectivity index (χ3n) is 5.12. The van der Waals surface area contributed by atoms with Crippen molar-refractivity contribution in [2.45, 2.75) is 78.6 Å². The van der Waals surface area contributed by atoms with E-state index in [1.165, 1.54) is 12.0 Å². The van der Waals surface area contributed by atoms with Gasteiger partial charge in [0.15, 0.2) is 0 Å². The highest BCUT2D eigenvalue weighted by Gasteiger charge is 2.43. The normalized spacial score (nSPS) is 13.1. The smallest absolute Gasteiger partial charge is 0.408 e. The fraction of sp³-hybridized carbons (Fsp3) is 0.556. The van der Waals surface area contributed by atoms with Crippen LogP contribution in [0.4, 0.5) is 4.79 Å². The number of ether oxygens (including phenoxy) is 2. The number of terminal acetylenes is 1. The molecule has 0 radical (unpaired) electrons. The fourth-order valence-corrected chi connectivity index (χ4v) is 3.54. The van der Waals surface area contributed by atoms with Crippen LogP contribution in [0.2, 0.25) is 0 Å². The lowest BCUT2D eigenvalue weighted by molar-refractivity contribution is -0.150. The average molecular weight is 502 g/mol. The first kappa shape index (κ1) is 30.5. The summed E-state index contributed by atoms with van der Waals surface area (Å²) in [6.45, 7) is 13.7. The first-order valence-electron chi connectivity index (χ1n) is 11.8. The Morgan fingerprint density at radius 1 is 1.06 bits per heavy atom. The molecule has 9 heteroatoms. The maximum absolute atomic E-state index is 14.1. The highest BCUT2D eigenvalue weighted by Crippen LogP contribution is 2.32. The van der Waals surface area contributed by atoms with E-state index in [4.69, 9.17) is 11.2 Å². The number of nitrogens with one attached hydrogen (secondary N) is 2. The van der Waals surface area contributed by atoms with Crippen LogP contribution in [-0.4, -0.2) is 59.6 Å². The molecule has 0 heterocycles. The second kappa shape index (κ2) is 12.4. The molecule has 2 atom stereocenters. The molecular weight excluding hydrogens is 462 g/mol. The minimum atomic E-state index is -1.20. The summed E-state index contributed by atoms with van der Waals surface area (Å²) in [6.07, 6.45) is 4.97. The number of hydrogen-bond acceptors (Lipinski definition) is 6. The molecule has 0 saturated carbocycles. The van der Waals surface area contributed by atoms with E-state index >= 15 is 0 Å². The van der Waals surface area contributed by atoms with Crippen molar-refractivity contribution in [2.75, 3.05) is 13.7 Å². The van der Waals surface area contributed by atoms with Crippen LogP contribution in [0.5, 0.6) is 0 Å². The summed E-state index contributed by atoms with van der Waals surface area (Å²) in [5.41, 5.74) is -0.834. The van der Waals surface area contributed by atoms with Crippen molar-refractivity contribution >= 4 is 23.9 Å². The Bertz CT molecular complexity index is 998. The van der Waals surface area contributed by atoms with Gasteiger partial charge in [-0.05, 0) is 59.1 Å². The zero-order valence-corrected chi connectivity index (χ0v) is 22.7. The van der Waals surface area contributed by atoms with Gasteiger partial charge in [-0.15, -0.1) is 6.42 Å². The van der Waals surface area contributed by atoms with Gasteiger partial charge >= 0.3 is 12.1 Å². The highest BCUT2D eigenvalue weighted by atomic mass is 16.6. The molecule has 0 aliphatic rings. The first-order valence-corrected chi connectivity index (χ1v) is 11.8. The van der Waals surface area contributed by atoms with Crippen LogP contribution in [0.15, 0.2) is 24.3 Å². The van der Waals surface area contributed by atoms with E-state index in [-0.39, 0.29) is 12.5 Å². The molecule has 0 aromatic heterocycles. The summed E-state index contributed by atoms with van der Waals surface area (Å²) in [4.78, 5) is 53.3. The van der Waals surface area contributed by atoms with E-state index in [0.717, 1.165) is 0 Å². The SMILES string of the molecule is C#Cc1ccccc1C(C(=O)NCC(=O)OC)N(C(=O)C(NC(=O)OC(C)(C)C)C(C)C)C(C)(C)C. The zero-order chi connectivity index (χ0) is 27.8. The quantitative estimate of drug-likeness (QED) is 0.418. The molecular formula is C27H39N3O6. The van der Waals surface area contributed by atoms with Crippen LogP contribution in [0.3, 0.4) is 0 Å². The molecule has 9 nitrogen and oxygen atoms in total. The molecule has 1 rings (SSSR count). The zero-order valence-electron chi connectivity index (χ0n) is 22.7. The van der Waals surface area contributed by atoms with Crippen LogP contribution >= 0.6 is 0 Å². The van der Waals surface area contributed by atoms with E-state index in [1.807, 2.05) is 0 Å². The van der Waals surface area contributed by atoms with E-state index in [9.17, 15) is 19.2 Å². The largest absolute Gasteiger partial charge is 0.468 e. The molecule has 0 fully saturated rings. The summed E-state index contributed by atoms with van der Waals surface area (Å²) >= 11 is 0. The lowest BCUT2D eigenvalue weighted by atomic mass is 9.91. The van der Waals surface area contributed by atoms with Crippen LogP contribution in [0, 0.1) is 18.3 Å². The maximum Gasteiger partial charge on any atom is 0.408 e. The number of esters is 1. The van der Waals surface area contributed by atoms with E-state index in [0.29, 0.717) is 11.1 Å². The van der Waals surface area contributed by atoms with Crippen LogP contribution < -0.4 is 10.6 Å². The molecule has 0 aliphatic carbocycles. The van der Waals surface area contributed by atoms with Gasteiger partial charge in [0, 0.05) is 11.1 Å². The van der Waals surface area contributed by atoms with Crippen LogP contribution in [-0.2, 0) is 23.9 Å². The lowest BCUT2D eigenvalue weighted by Gasteiger charge is -2.43. The third-order valence-corrected chi connectivity index (χ3v) is 5.12. The minimum absolute atomic E-state index is 0.337. The number of benzene rings is 1. The molecule has 36 heavy (non-hydrogen) atoms. The summed E-state index contributed by atoms with van der Waals surface area (Å²) < 4.78 is 9.99. The molecule has 0 saturated heterocycles. The molecule has 1 aromatic rings. The van der Waals surface area contributed by atoms with Gasteiger partial charge in [0.2, 0.25) is 11.8 Å². The summed E-state index contributed by atoms with van der Waals surface area (Å²) in [6, 6.07) is 4.56. The van der Waals surface area contributed by atoms with Gasteiger partial charge in [-0.25, -0.2) is 4.79 Å². The molecule has 1 aromatic carbocycles. The van der Waals surface area contributed by atoms with Crippen LogP contribution in [0.1, 0.15) is 72.6 Å². The minimum Gasteiger partial charge on any atom is -0.468 e. The number of methoxy groups -OCH3 is 1. The van der Waals surface area contributed by atoms with Gasteiger partial charge in [-0.1, -0.05) is 38.0 Å². The number of carbonyl (C=O) groups is 4. The van der Waals surface area contributed by atoms with Crippen molar-refractivity contribution in [2.24, 2.45) is 5.92 Å².